The molecule has 1 fully saturated rings. The summed E-state index contributed by atoms with van der Waals surface area (Å²) in [6.45, 7) is 5.78. The highest BCUT2D eigenvalue weighted by atomic mass is 32.2. The molecule has 1 aliphatic rings. The summed E-state index contributed by atoms with van der Waals surface area (Å²) in [4.78, 5) is 2.53. The highest BCUT2D eigenvalue weighted by Crippen LogP contribution is 2.28. The van der Waals surface area contributed by atoms with E-state index < -0.39 is 11.1 Å². The van der Waals surface area contributed by atoms with Gasteiger partial charge in [0.05, 0.1) is 5.75 Å². The van der Waals surface area contributed by atoms with Crippen molar-refractivity contribution in [2.24, 2.45) is 0 Å². The first kappa shape index (κ1) is 14.7. The molecule has 1 atom stereocenters. The molecular weight excluding hydrogens is 258 g/mol. The van der Waals surface area contributed by atoms with Gasteiger partial charge in [0.2, 0.25) is 0 Å². The van der Waals surface area contributed by atoms with Gasteiger partial charge in [-0.25, -0.2) is 4.21 Å². The fourth-order valence-electron chi connectivity index (χ4n) is 2.89. The van der Waals surface area contributed by atoms with E-state index in [4.69, 9.17) is 4.55 Å². The Morgan fingerprint density at radius 2 is 2.11 bits per heavy atom. The second kappa shape index (κ2) is 7.17. The van der Waals surface area contributed by atoms with E-state index in [1.165, 1.54) is 44.5 Å². The number of hydrogen-bond donors (Lipinski definition) is 1. The molecular formula is C15H23NO2S. The molecule has 3 nitrogen and oxygen atoms in total. The van der Waals surface area contributed by atoms with Crippen molar-refractivity contribution in [2.45, 2.75) is 37.9 Å². The van der Waals surface area contributed by atoms with Crippen LogP contribution < -0.4 is 0 Å². The molecule has 1 aliphatic heterocycles. The average molecular weight is 281 g/mol. The molecule has 0 radical (unpaired) electrons. The van der Waals surface area contributed by atoms with Crippen molar-refractivity contribution in [3.63, 3.8) is 0 Å². The zero-order chi connectivity index (χ0) is 13.7. The lowest BCUT2D eigenvalue weighted by Crippen LogP contribution is -2.33. The molecule has 106 valence electrons. The molecule has 0 saturated carbocycles. The number of likely N-dealkylation sites (tertiary alicyclic amines) is 1. The summed E-state index contributed by atoms with van der Waals surface area (Å²) in [5.41, 5.74) is 2.30. The van der Waals surface area contributed by atoms with E-state index in [2.05, 4.69) is 24.0 Å². The van der Waals surface area contributed by atoms with Crippen LogP contribution in [0.3, 0.4) is 0 Å². The first-order valence-corrected chi connectivity index (χ1v) is 8.35. The van der Waals surface area contributed by atoms with E-state index in [0.717, 1.165) is 5.56 Å². The molecule has 1 aromatic carbocycles. The van der Waals surface area contributed by atoms with Gasteiger partial charge in [-0.05, 0) is 55.9 Å². The average Bonchev–Trinajstić information content (AvgIpc) is 2.39. The fourth-order valence-corrected chi connectivity index (χ4v) is 3.35. The Balaban J connectivity index is 1.97. The monoisotopic (exact) mass is 281 g/mol. The first-order valence-electron chi connectivity index (χ1n) is 7.07. The lowest BCUT2D eigenvalue weighted by Gasteiger charge is -2.32. The third kappa shape index (κ3) is 4.41. The summed E-state index contributed by atoms with van der Waals surface area (Å²) in [5, 5.41) is 0. The van der Waals surface area contributed by atoms with Crippen molar-refractivity contribution in [2.75, 3.05) is 19.6 Å². The Morgan fingerprint density at radius 3 is 2.74 bits per heavy atom. The van der Waals surface area contributed by atoms with E-state index in [0.29, 0.717) is 5.92 Å². The zero-order valence-electron chi connectivity index (χ0n) is 11.5. The fraction of sp³-hybridized carbons (Fsp3) is 0.600. The van der Waals surface area contributed by atoms with Gasteiger partial charge in [-0.3, -0.25) is 0 Å². The van der Waals surface area contributed by atoms with Crippen LogP contribution in [0.1, 0.15) is 43.2 Å². The molecule has 1 heterocycles. The number of rotatable bonds is 5. The van der Waals surface area contributed by atoms with E-state index >= 15 is 0 Å². The van der Waals surface area contributed by atoms with Gasteiger partial charge in [0.15, 0.2) is 11.1 Å². The molecule has 1 aromatic rings. The number of hydrogen-bond acceptors (Lipinski definition) is 2. The van der Waals surface area contributed by atoms with Gasteiger partial charge in [-0.1, -0.05) is 31.2 Å². The van der Waals surface area contributed by atoms with Crippen LogP contribution in [0.4, 0.5) is 0 Å². The predicted molar refractivity (Wildman–Crippen MR) is 79.6 cm³/mol. The normalized spacial score (nSPS) is 19.5. The lowest BCUT2D eigenvalue weighted by atomic mass is 9.88. The van der Waals surface area contributed by atoms with Gasteiger partial charge < -0.3 is 9.45 Å². The van der Waals surface area contributed by atoms with Gasteiger partial charge in [0.1, 0.15) is 0 Å². The third-order valence-electron chi connectivity index (χ3n) is 3.84. The van der Waals surface area contributed by atoms with E-state index in [9.17, 15) is 4.21 Å². The van der Waals surface area contributed by atoms with Crippen LogP contribution >= 0.6 is 0 Å². The minimum atomic E-state index is -1.75. The Hall–Kier alpha value is -0.710. The molecule has 0 spiro atoms. The molecule has 0 bridgehead atoms. The molecule has 4 heteroatoms. The van der Waals surface area contributed by atoms with Crippen LogP contribution in [-0.2, 0) is 16.8 Å². The summed E-state index contributed by atoms with van der Waals surface area (Å²) >= 11 is -1.75. The molecule has 0 amide bonds. The number of benzene rings is 1. The van der Waals surface area contributed by atoms with E-state index in [1.807, 2.05) is 12.1 Å². The number of piperidine rings is 1. The Bertz CT molecular complexity index is 428. The maximum absolute atomic E-state index is 10.9. The minimum absolute atomic E-state index is 0.239. The highest BCUT2D eigenvalue weighted by molar-refractivity contribution is 7.78. The number of nitrogens with zero attached hydrogens (tertiary/aromatic N) is 1. The summed E-state index contributed by atoms with van der Waals surface area (Å²) < 4.78 is 19.8. The Labute approximate surface area is 118 Å². The van der Waals surface area contributed by atoms with Gasteiger partial charge in [-0.15, -0.1) is 0 Å². The van der Waals surface area contributed by atoms with Crippen molar-refractivity contribution in [3.8, 4) is 0 Å². The van der Waals surface area contributed by atoms with Gasteiger partial charge in [-0.2, -0.15) is 0 Å². The second-order valence-electron chi connectivity index (χ2n) is 5.33. The maximum Gasteiger partial charge on any atom is 0.157 e. The Morgan fingerprint density at radius 1 is 1.37 bits per heavy atom. The van der Waals surface area contributed by atoms with E-state index in [-0.39, 0.29) is 5.75 Å². The van der Waals surface area contributed by atoms with Gasteiger partial charge in [0, 0.05) is 0 Å². The predicted octanol–water partition coefficient (Wildman–Crippen LogP) is 3.00. The largest absolute Gasteiger partial charge is 0.306 e. The molecule has 1 unspecified atom stereocenters. The van der Waals surface area contributed by atoms with Crippen LogP contribution in [0.5, 0.6) is 0 Å². The first-order chi connectivity index (χ1) is 9.19. The van der Waals surface area contributed by atoms with Crippen LogP contribution in [0.2, 0.25) is 0 Å². The van der Waals surface area contributed by atoms with Crippen molar-refractivity contribution >= 4 is 11.1 Å². The molecule has 1 saturated heterocycles. The summed E-state index contributed by atoms with van der Waals surface area (Å²) in [5.74, 6) is 0.850. The standard InChI is InChI=1S/C15H23NO2S/c1-2-8-16-9-6-14(7-10-16)15-5-3-4-13(11-15)12-19(17)18/h3-5,11,14H,2,6-10,12H2,1H3,(H,17,18). The molecule has 19 heavy (non-hydrogen) atoms. The van der Waals surface area contributed by atoms with Crippen molar-refractivity contribution in [3.05, 3.63) is 35.4 Å². The van der Waals surface area contributed by atoms with Crippen LogP contribution in [0.15, 0.2) is 24.3 Å². The van der Waals surface area contributed by atoms with Gasteiger partial charge >= 0.3 is 0 Å². The zero-order valence-corrected chi connectivity index (χ0v) is 12.4. The van der Waals surface area contributed by atoms with Crippen LogP contribution in [-0.4, -0.2) is 33.3 Å². The highest BCUT2D eigenvalue weighted by Gasteiger charge is 2.20. The smallest absolute Gasteiger partial charge is 0.157 e. The molecule has 0 aliphatic carbocycles. The van der Waals surface area contributed by atoms with Crippen molar-refractivity contribution in [1.29, 1.82) is 0 Å². The minimum Gasteiger partial charge on any atom is -0.306 e. The quantitative estimate of drug-likeness (QED) is 0.844. The SMILES string of the molecule is CCCN1CCC(c2cccc(CS(=O)O)c2)CC1. The topological polar surface area (TPSA) is 40.5 Å². The lowest BCUT2D eigenvalue weighted by molar-refractivity contribution is 0.213. The van der Waals surface area contributed by atoms with Crippen molar-refractivity contribution in [1.82, 2.24) is 4.90 Å². The Kier molecular flexibility index (Phi) is 5.55. The van der Waals surface area contributed by atoms with Crippen LogP contribution in [0, 0.1) is 0 Å². The van der Waals surface area contributed by atoms with Gasteiger partial charge in [0.25, 0.3) is 0 Å². The van der Waals surface area contributed by atoms with E-state index in [1.54, 1.807) is 0 Å². The second-order valence-corrected chi connectivity index (χ2v) is 6.26. The maximum atomic E-state index is 10.9. The van der Waals surface area contributed by atoms with Crippen molar-refractivity contribution < 1.29 is 8.76 Å². The van der Waals surface area contributed by atoms with Crippen LogP contribution in [0.25, 0.3) is 0 Å². The third-order valence-corrected chi connectivity index (χ3v) is 4.42. The molecule has 2 rings (SSSR count). The summed E-state index contributed by atoms with van der Waals surface area (Å²) in [7, 11) is 0. The summed E-state index contributed by atoms with van der Waals surface area (Å²) in [6.07, 6.45) is 3.62. The molecule has 0 aromatic heterocycles. The summed E-state index contributed by atoms with van der Waals surface area (Å²) in [6, 6.07) is 8.21. The molecule has 1 N–H and O–H groups in total.